The van der Waals surface area contributed by atoms with Crippen LogP contribution in [-0.4, -0.2) is 34.4 Å². The SMILES string of the molecule is CCOC(=O)c1ccccc1NC(=O)CSc1nnc(COc2ccccc2)o1. The third kappa shape index (κ3) is 6.08. The number of benzene rings is 2. The Morgan fingerprint density at radius 2 is 1.83 bits per heavy atom. The summed E-state index contributed by atoms with van der Waals surface area (Å²) in [6.45, 7) is 2.11. The van der Waals surface area contributed by atoms with Crippen LogP contribution >= 0.6 is 11.8 Å². The van der Waals surface area contributed by atoms with Crippen LogP contribution in [0.25, 0.3) is 0 Å². The molecule has 3 rings (SSSR count). The van der Waals surface area contributed by atoms with E-state index < -0.39 is 5.97 Å². The second kappa shape index (κ2) is 10.3. The van der Waals surface area contributed by atoms with Crippen LogP contribution in [-0.2, 0) is 16.1 Å². The zero-order valence-corrected chi connectivity index (χ0v) is 16.5. The Kier molecular flexibility index (Phi) is 7.23. The molecule has 150 valence electrons. The average Bonchev–Trinajstić information content (AvgIpc) is 3.20. The van der Waals surface area contributed by atoms with Gasteiger partial charge in [-0.3, -0.25) is 4.79 Å². The van der Waals surface area contributed by atoms with Crippen molar-refractivity contribution >= 4 is 29.3 Å². The quantitative estimate of drug-likeness (QED) is 0.420. The molecule has 0 saturated carbocycles. The Balaban J connectivity index is 1.50. The van der Waals surface area contributed by atoms with Gasteiger partial charge in [0.2, 0.25) is 5.91 Å². The fraction of sp³-hybridized carbons (Fsp3) is 0.200. The highest BCUT2D eigenvalue weighted by Crippen LogP contribution is 2.20. The number of carbonyl (C=O) groups excluding carboxylic acids is 2. The molecule has 0 radical (unpaired) electrons. The van der Waals surface area contributed by atoms with Crippen molar-refractivity contribution in [1.82, 2.24) is 10.2 Å². The smallest absolute Gasteiger partial charge is 0.340 e. The molecule has 0 aliphatic rings. The first kappa shape index (κ1) is 20.4. The van der Waals surface area contributed by atoms with Crippen molar-refractivity contribution in [3.8, 4) is 5.75 Å². The van der Waals surface area contributed by atoms with Gasteiger partial charge in [0.1, 0.15) is 5.75 Å². The lowest BCUT2D eigenvalue weighted by atomic mass is 10.2. The van der Waals surface area contributed by atoms with Crippen molar-refractivity contribution in [2.45, 2.75) is 18.8 Å². The second-order valence-electron chi connectivity index (χ2n) is 5.67. The highest BCUT2D eigenvalue weighted by atomic mass is 32.2. The second-order valence-corrected chi connectivity index (χ2v) is 6.59. The van der Waals surface area contributed by atoms with Crippen molar-refractivity contribution in [3.05, 3.63) is 66.1 Å². The van der Waals surface area contributed by atoms with E-state index in [1.54, 1.807) is 31.2 Å². The third-order valence-electron chi connectivity index (χ3n) is 3.58. The number of ether oxygens (including phenoxy) is 2. The van der Waals surface area contributed by atoms with E-state index in [4.69, 9.17) is 13.9 Å². The summed E-state index contributed by atoms with van der Waals surface area (Å²) in [6.07, 6.45) is 0. The van der Waals surface area contributed by atoms with Gasteiger partial charge in [-0.05, 0) is 31.2 Å². The largest absolute Gasteiger partial charge is 0.484 e. The number of amides is 1. The summed E-state index contributed by atoms with van der Waals surface area (Å²) in [5, 5.41) is 10.7. The Labute approximate surface area is 171 Å². The summed E-state index contributed by atoms with van der Waals surface area (Å²) >= 11 is 1.09. The van der Waals surface area contributed by atoms with Crippen molar-refractivity contribution in [2.24, 2.45) is 0 Å². The maximum atomic E-state index is 12.2. The number of nitrogens with zero attached hydrogens (tertiary/aromatic N) is 2. The molecule has 0 spiro atoms. The monoisotopic (exact) mass is 413 g/mol. The molecule has 2 aromatic carbocycles. The number of carbonyl (C=O) groups is 2. The lowest BCUT2D eigenvalue weighted by molar-refractivity contribution is -0.113. The maximum Gasteiger partial charge on any atom is 0.340 e. The molecular formula is C20H19N3O5S. The molecule has 0 fully saturated rings. The third-order valence-corrected chi connectivity index (χ3v) is 4.40. The Morgan fingerprint density at radius 3 is 2.62 bits per heavy atom. The van der Waals surface area contributed by atoms with E-state index in [9.17, 15) is 9.59 Å². The van der Waals surface area contributed by atoms with Crippen LogP contribution < -0.4 is 10.1 Å². The molecule has 3 aromatic rings. The van der Waals surface area contributed by atoms with E-state index in [2.05, 4.69) is 15.5 Å². The number of nitrogens with one attached hydrogen (secondary N) is 1. The van der Waals surface area contributed by atoms with Gasteiger partial charge in [0.25, 0.3) is 11.1 Å². The normalized spacial score (nSPS) is 10.4. The zero-order chi connectivity index (χ0) is 20.5. The molecule has 29 heavy (non-hydrogen) atoms. The van der Waals surface area contributed by atoms with Gasteiger partial charge in [-0.2, -0.15) is 0 Å². The van der Waals surface area contributed by atoms with Crippen LogP contribution in [0, 0.1) is 0 Å². The molecule has 0 aliphatic carbocycles. The van der Waals surface area contributed by atoms with Gasteiger partial charge in [-0.1, -0.05) is 42.1 Å². The number of hydrogen-bond acceptors (Lipinski definition) is 8. The van der Waals surface area contributed by atoms with E-state index in [0.29, 0.717) is 22.9 Å². The van der Waals surface area contributed by atoms with E-state index >= 15 is 0 Å². The van der Waals surface area contributed by atoms with E-state index in [1.165, 1.54) is 0 Å². The van der Waals surface area contributed by atoms with Gasteiger partial charge in [0.05, 0.1) is 23.6 Å². The van der Waals surface area contributed by atoms with Gasteiger partial charge in [0, 0.05) is 0 Å². The zero-order valence-electron chi connectivity index (χ0n) is 15.7. The predicted octanol–water partition coefficient (Wildman–Crippen LogP) is 3.56. The lowest BCUT2D eigenvalue weighted by Crippen LogP contribution is -2.17. The number of para-hydroxylation sites is 2. The standard InChI is InChI=1S/C20H19N3O5S/c1-2-26-19(25)15-10-6-7-11-16(15)21-17(24)13-29-20-23-22-18(28-20)12-27-14-8-4-3-5-9-14/h3-11H,2,12-13H2,1H3,(H,21,24). The van der Waals surface area contributed by atoms with Crippen molar-refractivity contribution < 1.29 is 23.5 Å². The minimum Gasteiger partial charge on any atom is -0.484 e. The summed E-state index contributed by atoms with van der Waals surface area (Å²) in [5.41, 5.74) is 0.685. The number of rotatable bonds is 9. The molecule has 1 heterocycles. The number of aromatic nitrogens is 2. The van der Waals surface area contributed by atoms with Crippen LogP contribution in [0.2, 0.25) is 0 Å². The number of esters is 1. The van der Waals surface area contributed by atoms with E-state index in [0.717, 1.165) is 11.8 Å². The molecule has 1 amide bonds. The predicted molar refractivity (Wildman–Crippen MR) is 107 cm³/mol. The molecule has 0 bridgehead atoms. The van der Waals surface area contributed by atoms with Crippen molar-refractivity contribution in [1.29, 1.82) is 0 Å². The molecule has 0 atom stereocenters. The molecule has 0 saturated heterocycles. The number of anilines is 1. The van der Waals surface area contributed by atoms with Gasteiger partial charge < -0.3 is 19.2 Å². The first-order valence-corrected chi connectivity index (χ1v) is 9.83. The van der Waals surface area contributed by atoms with Crippen molar-refractivity contribution in [2.75, 3.05) is 17.7 Å². The fourth-order valence-corrected chi connectivity index (χ4v) is 2.89. The number of hydrogen-bond donors (Lipinski definition) is 1. The summed E-state index contributed by atoms with van der Waals surface area (Å²) in [5.74, 6) is 0.241. The highest BCUT2D eigenvalue weighted by molar-refractivity contribution is 7.99. The lowest BCUT2D eigenvalue weighted by Gasteiger charge is -2.09. The molecule has 1 N–H and O–H groups in total. The Morgan fingerprint density at radius 1 is 1.07 bits per heavy atom. The van der Waals surface area contributed by atoms with Gasteiger partial charge in [-0.15, -0.1) is 10.2 Å². The molecule has 0 unspecified atom stereocenters. The maximum absolute atomic E-state index is 12.2. The van der Waals surface area contributed by atoms with Crippen LogP contribution in [0.5, 0.6) is 5.75 Å². The van der Waals surface area contributed by atoms with Crippen LogP contribution in [0.1, 0.15) is 23.2 Å². The summed E-state index contributed by atoms with van der Waals surface area (Å²) in [7, 11) is 0. The number of thioether (sulfide) groups is 1. The van der Waals surface area contributed by atoms with Crippen LogP contribution in [0.3, 0.4) is 0 Å². The van der Waals surface area contributed by atoms with Crippen molar-refractivity contribution in [3.63, 3.8) is 0 Å². The molecule has 0 aliphatic heterocycles. The van der Waals surface area contributed by atoms with E-state index in [-0.39, 0.29) is 30.1 Å². The first-order chi connectivity index (χ1) is 14.2. The Bertz CT molecular complexity index is 962. The van der Waals surface area contributed by atoms with E-state index in [1.807, 2.05) is 30.3 Å². The molecular weight excluding hydrogens is 394 g/mol. The topological polar surface area (TPSA) is 104 Å². The molecule has 9 heteroatoms. The average molecular weight is 413 g/mol. The van der Waals surface area contributed by atoms with Crippen LogP contribution in [0.4, 0.5) is 5.69 Å². The summed E-state index contributed by atoms with van der Waals surface area (Å²) < 4.78 is 16.0. The minimum atomic E-state index is -0.490. The van der Waals surface area contributed by atoms with Gasteiger partial charge in [-0.25, -0.2) is 4.79 Å². The minimum absolute atomic E-state index is 0.0400. The van der Waals surface area contributed by atoms with Gasteiger partial charge in [0.15, 0.2) is 6.61 Å². The highest BCUT2D eigenvalue weighted by Gasteiger charge is 2.15. The molecule has 8 nitrogen and oxygen atoms in total. The van der Waals surface area contributed by atoms with Gasteiger partial charge >= 0.3 is 5.97 Å². The fourth-order valence-electron chi connectivity index (χ4n) is 2.31. The molecule has 1 aromatic heterocycles. The Hall–Kier alpha value is -3.33. The summed E-state index contributed by atoms with van der Waals surface area (Å²) in [4.78, 5) is 24.2. The summed E-state index contributed by atoms with van der Waals surface area (Å²) in [6, 6.07) is 15.9. The van der Waals surface area contributed by atoms with Crippen LogP contribution in [0.15, 0.2) is 64.2 Å². The first-order valence-electron chi connectivity index (χ1n) is 8.84.